The van der Waals surface area contributed by atoms with Crippen LogP contribution in [-0.4, -0.2) is 35.5 Å². The maximum absolute atomic E-state index is 9.50. The van der Waals surface area contributed by atoms with E-state index in [1.807, 2.05) is 12.1 Å². The summed E-state index contributed by atoms with van der Waals surface area (Å²) in [6.45, 7) is 1.47. The van der Waals surface area contributed by atoms with Crippen molar-refractivity contribution in [1.29, 1.82) is 0 Å². The van der Waals surface area contributed by atoms with Gasteiger partial charge in [0.15, 0.2) is 0 Å². The molecule has 0 atom stereocenters. The highest BCUT2D eigenvalue weighted by atomic mass is 79.9. The second kappa shape index (κ2) is 5.12. The van der Waals surface area contributed by atoms with Gasteiger partial charge in [-0.3, -0.25) is 0 Å². The average molecular weight is 287 g/mol. The van der Waals surface area contributed by atoms with E-state index in [0.717, 1.165) is 23.1 Å². The molecule has 5 heteroatoms. The maximum atomic E-state index is 9.50. The summed E-state index contributed by atoms with van der Waals surface area (Å²) in [5, 5.41) is 12.8. The number of aromatic nitrogens is 1. The number of rotatable bonds is 3. The average Bonchev–Trinajstić information content (AvgIpc) is 2.33. The van der Waals surface area contributed by atoms with Crippen LogP contribution in [0.25, 0.3) is 0 Å². The van der Waals surface area contributed by atoms with E-state index in [1.54, 1.807) is 6.20 Å². The first-order valence-electron chi connectivity index (χ1n) is 5.32. The highest BCUT2D eigenvalue weighted by Gasteiger charge is 2.31. The van der Waals surface area contributed by atoms with Gasteiger partial charge in [0.1, 0.15) is 5.82 Å². The van der Waals surface area contributed by atoms with Crippen molar-refractivity contribution in [2.45, 2.75) is 18.4 Å². The summed E-state index contributed by atoms with van der Waals surface area (Å²) in [4.78, 5) is 4.26. The first-order chi connectivity index (χ1) is 7.74. The second-order valence-electron chi connectivity index (χ2n) is 4.04. The molecule has 0 unspecified atom stereocenters. The van der Waals surface area contributed by atoms with E-state index >= 15 is 0 Å². The molecule has 0 saturated carbocycles. The molecule has 1 saturated heterocycles. The van der Waals surface area contributed by atoms with Crippen molar-refractivity contribution in [3.8, 4) is 0 Å². The number of nitrogens with one attached hydrogen (secondary N) is 1. The molecular formula is C11H15BrN2O2. The molecule has 16 heavy (non-hydrogen) atoms. The number of aliphatic hydroxyl groups is 1. The Labute approximate surface area is 103 Å². The summed E-state index contributed by atoms with van der Waals surface area (Å²) >= 11 is 3.34. The Bertz CT molecular complexity index is 336. The molecule has 1 aliphatic heterocycles. The molecular weight excluding hydrogens is 272 g/mol. The first kappa shape index (κ1) is 11.8. The van der Waals surface area contributed by atoms with Crippen molar-refractivity contribution in [2.75, 3.05) is 25.1 Å². The van der Waals surface area contributed by atoms with Gasteiger partial charge in [-0.2, -0.15) is 0 Å². The summed E-state index contributed by atoms with van der Waals surface area (Å²) < 4.78 is 6.25. The summed E-state index contributed by atoms with van der Waals surface area (Å²) in [5.41, 5.74) is -0.279. The minimum Gasteiger partial charge on any atom is -0.394 e. The largest absolute Gasteiger partial charge is 0.394 e. The minimum absolute atomic E-state index is 0.105. The van der Waals surface area contributed by atoms with Crippen LogP contribution in [0.3, 0.4) is 0 Å². The second-order valence-corrected chi connectivity index (χ2v) is 4.95. The quantitative estimate of drug-likeness (QED) is 0.890. The van der Waals surface area contributed by atoms with Crippen molar-refractivity contribution in [3.05, 3.63) is 22.8 Å². The fourth-order valence-electron chi connectivity index (χ4n) is 1.81. The molecule has 2 rings (SSSR count). The third kappa shape index (κ3) is 2.72. The lowest BCUT2D eigenvalue weighted by atomic mass is 9.91. The monoisotopic (exact) mass is 286 g/mol. The van der Waals surface area contributed by atoms with E-state index in [2.05, 4.69) is 26.2 Å². The normalized spacial score (nSPS) is 19.4. The SMILES string of the molecule is OCC1(Nc2ccc(Br)cn2)CCOCC1. The van der Waals surface area contributed by atoms with Crippen LogP contribution in [0.5, 0.6) is 0 Å². The van der Waals surface area contributed by atoms with Crippen molar-refractivity contribution >= 4 is 21.7 Å². The molecule has 0 radical (unpaired) electrons. The molecule has 4 nitrogen and oxygen atoms in total. The van der Waals surface area contributed by atoms with Gasteiger partial charge in [-0.25, -0.2) is 4.98 Å². The Balaban J connectivity index is 2.08. The molecule has 0 amide bonds. The Morgan fingerprint density at radius 2 is 2.19 bits per heavy atom. The summed E-state index contributed by atoms with van der Waals surface area (Å²) in [6, 6.07) is 3.83. The van der Waals surface area contributed by atoms with Crippen molar-refractivity contribution < 1.29 is 9.84 Å². The zero-order valence-electron chi connectivity index (χ0n) is 8.95. The molecule has 2 heterocycles. The maximum Gasteiger partial charge on any atom is 0.126 e. The van der Waals surface area contributed by atoms with Gasteiger partial charge in [0.2, 0.25) is 0 Å². The molecule has 1 aliphatic rings. The summed E-state index contributed by atoms with van der Waals surface area (Å²) in [5.74, 6) is 0.791. The van der Waals surface area contributed by atoms with Crippen LogP contribution in [0, 0.1) is 0 Å². The van der Waals surface area contributed by atoms with E-state index in [9.17, 15) is 5.11 Å². The van der Waals surface area contributed by atoms with Gasteiger partial charge in [-0.05, 0) is 40.9 Å². The van der Waals surface area contributed by atoms with Crippen LogP contribution in [0.15, 0.2) is 22.8 Å². The van der Waals surface area contributed by atoms with Crippen molar-refractivity contribution in [3.63, 3.8) is 0 Å². The standard InChI is InChI=1S/C11H15BrN2O2/c12-9-1-2-10(13-7-9)14-11(8-15)3-5-16-6-4-11/h1-2,7,15H,3-6,8H2,(H,13,14). The third-order valence-corrected chi connectivity index (χ3v) is 3.34. The number of halogens is 1. The highest BCUT2D eigenvalue weighted by molar-refractivity contribution is 9.10. The molecule has 88 valence electrons. The molecule has 1 aromatic heterocycles. The predicted octanol–water partition coefficient (Wildman–Crippen LogP) is 1.80. The van der Waals surface area contributed by atoms with E-state index in [0.29, 0.717) is 13.2 Å². The molecule has 0 spiro atoms. The molecule has 0 bridgehead atoms. The van der Waals surface area contributed by atoms with Crippen LogP contribution >= 0.6 is 15.9 Å². The van der Waals surface area contributed by atoms with Crippen LogP contribution in [0.4, 0.5) is 5.82 Å². The molecule has 2 N–H and O–H groups in total. The fourth-order valence-corrected chi connectivity index (χ4v) is 2.04. The van der Waals surface area contributed by atoms with Gasteiger partial charge in [0.05, 0.1) is 12.1 Å². The van der Waals surface area contributed by atoms with Crippen LogP contribution < -0.4 is 5.32 Å². The van der Waals surface area contributed by atoms with Crippen molar-refractivity contribution in [2.24, 2.45) is 0 Å². The Morgan fingerprint density at radius 1 is 1.44 bits per heavy atom. The van der Waals surface area contributed by atoms with Crippen LogP contribution in [0.1, 0.15) is 12.8 Å². The summed E-state index contributed by atoms with van der Waals surface area (Å²) in [6.07, 6.45) is 3.36. The smallest absolute Gasteiger partial charge is 0.126 e. The zero-order valence-corrected chi connectivity index (χ0v) is 10.5. The lowest BCUT2D eigenvalue weighted by Gasteiger charge is -2.36. The van der Waals surface area contributed by atoms with Gasteiger partial charge >= 0.3 is 0 Å². The molecule has 1 aromatic rings. The van der Waals surface area contributed by atoms with Gasteiger partial charge in [0.25, 0.3) is 0 Å². The van der Waals surface area contributed by atoms with E-state index in [4.69, 9.17) is 4.74 Å². The van der Waals surface area contributed by atoms with Gasteiger partial charge in [0, 0.05) is 23.9 Å². The Kier molecular flexibility index (Phi) is 3.78. The highest BCUT2D eigenvalue weighted by Crippen LogP contribution is 2.25. The molecule has 0 aromatic carbocycles. The molecule has 1 fully saturated rings. The number of nitrogens with zero attached hydrogens (tertiary/aromatic N) is 1. The van der Waals surface area contributed by atoms with Gasteiger partial charge in [-0.1, -0.05) is 0 Å². The number of pyridine rings is 1. The fraction of sp³-hybridized carbons (Fsp3) is 0.545. The van der Waals surface area contributed by atoms with Gasteiger partial charge in [-0.15, -0.1) is 0 Å². The lowest BCUT2D eigenvalue weighted by Crippen LogP contribution is -2.47. The molecule has 0 aliphatic carbocycles. The minimum atomic E-state index is -0.279. The Hall–Kier alpha value is -0.650. The number of ether oxygens (including phenoxy) is 1. The zero-order chi connectivity index (χ0) is 11.4. The van der Waals surface area contributed by atoms with Crippen molar-refractivity contribution in [1.82, 2.24) is 4.98 Å². The van der Waals surface area contributed by atoms with Crippen LogP contribution in [0.2, 0.25) is 0 Å². The lowest BCUT2D eigenvalue weighted by molar-refractivity contribution is 0.0378. The van der Waals surface area contributed by atoms with E-state index in [1.165, 1.54) is 0 Å². The first-order valence-corrected chi connectivity index (χ1v) is 6.12. The van der Waals surface area contributed by atoms with Crippen LogP contribution in [-0.2, 0) is 4.74 Å². The number of hydrogen-bond donors (Lipinski definition) is 2. The van der Waals surface area contributed by atoms with Gasteiger partial charge < -0.3 is 15.2 Å². The third-order valence-electron chi connectivity index (χ3n) is 2.87. The van der Waals surface area contributed by atoms with E-state index < -0.39 is 0 Å². The topological polar surface area (TPSA) is 54.4 Å². The number of aliphatic hydroxyl groups excluding tert-OH is 1. The summed E-state index contributed by atoms with van der Waals surface area (Å²) in [7, 11) is 0. The van der Waals surface area contributed by atoms with E-state index in [-0.39, 0.29) is 12.1 Å². The Morgan fingerprint density at radius 3 is 2.75 bits per heavy atom. The number of anilines is 1. The number of hydrogen-bond acceptors (Lipinski definition) is 4. The predicted molar refractivity (Wildman–Crippen MR) is 65.4 cm³/mol.